The number of carbonyl (C=O) groups is 1. The molecule has 112 valence electrons. The molecule has 0 radical (unpaired) electrons. The molecule has 2 rings (SSSR count). The van der Waals surface area contributed by atoms with E-state index < -0.39 is 17.7 Å². The Morgan fingerprint density at radius 1 is 1.48 bits per heavy atom. The predicted octanol–water partition coefficient (Wildman–Crippen LogP) is 3.84. The Morgan fingerprint density at radius 2 is 2.10 bits per heavy atom. The summed E-state index contributed by atoms with van der Waals surface area (Å²) in [6, 6.07) is 3.47. The van der Waals surface area contributed by atoms with Crippen LogP contribution in [-0.2, 0) is 4.74 Å². The van der Waals surface area contributed by atoms with Gasteiger partial charge in [0.1, 0.15) is 11.7 Å². The van der Waals surface area contributed by atoms with Gasteiger partial charge in [-0.15, -0.1) is 6.42 Å². The highest BCUT2D eigenvalue weighted by Gasteiger charge is 2.31. The number of aliphatic hydroxyl groups is 1. The van der Waals surface area contributed by atoms with Gasteiger partial charge >= 0.3 is 5.97 Å². The number of hydrogen-bond donors (Lipinski definition) is 1. The minimum absolute atomic E-state index is 0.194. The second-order valence-corrected chi connectivity index (χ2v) is 6.65. The van der Waals surface area contributed by atoms with Crippen molar-refractivity contribution in [1.82, 2.24) is 0 Å². The molecule has 4 heteroatoms. The maximum atomic E-state index is 12.2. The molecule has 1 aromatic carbocycles. The van der Waals surface area contributed by atoms with Gasteiger partial charge in [0.25, 0.3) is 0 Å². The van der Waals surface area contributed by atoms with Gasteiger partial charge in [-0.3, -0.25) is 0 Å². The second kappa shape index (κ2) is 5.71. The lowest BCUT2D eigenvalue weighted by Gasteiger charge is -2.21. The maximum absolute atomic E-state index is 12.2. The molecule has 21 heavy (non-hydrogen) atoms. The first-order chi connectivity index (χ1) is 9.74. The molecule has 0 amide bonds. The standard InChI is InChI=1S/C17H19ClO3/c1-5-13(19)14-11(10-6-7-10)8-9-12(15(14)18)16(20)21-17(2,3)4/h1,8-10,13,19H,6-7H2,2-4H3. The predicted molar refractivity (Wildman–Crippen MR) is 82.4 cm³/mol. The number of hydrogen-bond acceptors (Lipinski definition) is 3. The van der Waals surface area contributed by atoms with Crippen LogP contribution in [-0.4, -0.2) is 16.7 Å². The van der Waals surface area contributed by atoms with Crippen molar-refractivity contribution >= 4 is 17.6 Å². The first-order valence-corrected chi connectivity index (χ1v) is 7.32. The Hall–Kier alpha value is -1.50. The van der Waals surface area contributed by atoms with Gasteiger partial charge < -0.3 is 9.84 Å². The minimum atomic E-state index is -1.12. The molecular weight excluding hydrogens is 288 g/mol. The van der Waals surface area contributed by atoms with E-state index in [2.05, 4.69) is 5.92 Å². The highest BCUT2D eigenvalue weighted by atomic mass is 35.5. The molecule has 0 spiro atoms. The van der Waals surface area contributed by atoms with Crippen molar-refractivity contribution in [2.45, 2.75) is 51.2 Å². The molecule has 1 N–H and O–H groups in total. The summed E-state index contributed by atoms with van der Waals surface area (Å²) in [5.74, 6) is 2.13. The maximum Gasteiger partial charge on any atom is 0.340 e. The number of ether oxygens (including phenoxy) is 1. The molecule has 0 heterocycles. The fourth-order valence-corrected chi connectivity index (χ4v) is 2.56. The summed E-state index contributed by atoms with van der Waals surface area (Å²) in [5, 5.41) is 10.2. The van der Waals surface area contributed by atoms with Crippen LogP contribution < -0.4 is 0 Å². The van der Waals surface area contributed by atoms with Crippen molar-refractivity contribution in [2.24, 2.45) is 0 Å². The van der Waals surface area contributed by atoms with Crippen LogP contribution in [0.2, 0.25) is 5.02 Å². The minimum Gasteiger partial charge on any atom is -0.456 e. The van der Waals surface area contributed by atoms with E-state index in [4.69, 9.17) is 22.8 Å². The molecule has 0 saturated heterocycles. The SMILES string of the molecule is C#CC(O)c1c(C2CC2)ccc(C(=O)OC(C)(C)C)c1Cl. The van der Waals surface area contributed by atoms with Crippen LogP contribution in [0.1, 0.15) is 67.1 Å². The third-order valence-corrected chi connectivity index (χ3v) is 3.69. The van der Waals surface area contributed by atoms with Crippen LogP contribution in [0, 0.1) is 12.3 Å². The van der Waals surface area contributed by atoms with Crippen molar-refractivity contribution in [3.63, 3.8) is 0 Å². The molecule has 1 saturated carbocycles. The zero-order valence-electron chi connectivity index (χ0n) is 12.4. The van der Waals surface area contributed by atoms with Gasteiger partial charge in [-0.05, 0) is 51.2 Å². The summed E-state index contributed by atoms with van der Waals surface area (Å²) in [5.41, 5.74) is 1.02. The van der Waals surface area contributed by atoms with Gasteiger partial charge in [0.2, 0.25) is 0 Å². The topological polar surface area (TPSA) is 46.5 Å². The van der Waals surface area contributed by atoms with Crippen molar-refractivity contribution in [3.05, 3.63) is 33.8 Å². The van der Waals surface area contributed by atoms with E-state index in [1.165, 1.54) is 0 Å². The summed E-state index contributed by atoms with van der Waals surface area (Å²) < 4.78 is 5.33. The van der Waals surface area contributed by atoms with Crippen LogP contribution in [0.3, 0.4) is 0 Å². The molecule has 0 bridgehead atoms. The molecular formula is C17H19ClO3. The third-order valence-electron chi connectivity index (χ3n) is 3.28. The lowest BCUT2D eigenvalue weighted by atomic mass is 9.96. The molecule has 1 fully saturated rings. The fourth-order valence-electron chi connectivity index (χ4n) is 2.21. The zero-order chi connectivity index (χ0) is 15.8. The average Bonchev–Trinajstić information content (AvgIpc) is 3.19. The zero-order valence-corrected chi connectivity index (χ0v) is 13.2. The Morgan fingerprint density at radius 3 is 2.57 bits per heavy atom. The van der Waals surface area contributed by atoms with Crippen LogP contribution in [0.25, 0.3) is 0 Å². The van der Waals surface area contributed by atoms with Gasteiger partial charge in [-0.2, -0.15) is 0 Å². The lowest BCUT2D eigenvalue weighted by molar-refractivity contribution is 0.00695. The summed E-state index contributed by atoms with van der Waals surface area (Å²) >= 11 is 6.33. The molecule has 0 aromatic heterocycles. The Labute approximate surface area is 130 Å². The Kier molecular flexibility index (Phi) is 4.32. The van der Waals surface area contributed by atoms with Crippen molar-refractivity contribution < 1.29 is 14.6 Å². The van der Waals surface area contributed by atoms with Crippen molar-refractivity contribution in [1.29, 1.82) is 0 Å². The summed E-state index contributed by atoms with van der Waals surface area (Å²) in [6.07, 6.45) is 6.30. The highest BCUT2D eigenvalue weighted by Crippen LogP contribution is 2.45. The first kappa shape index (κ1) is 15.9. The van der Waals surface area contributed by atoms with Gasteiger partial charge in [0.05, 0.1) is 10.6 Å². The lowest BCUT2D eigenvalue weighted by Crippen LogP contribution is -2.24. The smallest absolute Gasteiger partial charge is 0.340 e. The van der Waals surface area contributed by atoms with Gasteiger partial charge in [0, 0.05) is 5.56 Å². The van der Waals surface area contributed by atoms with Crippen LogP contribution >= 0.6 is 11.6 Å². The van der Waals surface area contributed by atoms with E-state index in [1.807, 2.05) is 6.07 Å². The Balaban J connectivity index is 2.45. The van der Waals surface area contributed by atoms with Crippen molar-refractivity contribution in [2.75, 3.05) is 0 Å². The second-order valence-electron chi connectivity index (χ2n) is 6.28. The third kappa shape index (κ3) is 3.58. The summed E-state index contributed by atoms with van der Waals surface area (Å²) in [7, 11) is 0. The quantitative estimate of drug-likeness (QED) is 0.682. The van der Waals surface area contributed by atoms with E-state index in [9.17, 15) is 9.90 Å². The highest BCUT2D eigenvalue weighted by molar-refractivity contribution is 6.34. The van der Waals surface area contributed by atoms with Gasteiger partial charge in [-0.1, -0.05) is 23.6 Å². The summed E-state index contributed by atoms with van der Waals surface area (Å²) in [6.45, 7) is 5.36. The largest absolute Gasteiger partial charge is 0.456 e. The van der Waals surface area contributed by atoms with Gasteiger partial charge in [0.15, 0.2) is 0 Å². The van der Waals surface area contributed by atoms with E-state index in [-0.39, 0.29) is 10.6 Å². The van der Waals surface area contributed by atoms with E-state index >= 15 is 0 Å². The average molecular weight is 307 g/mol. The van der Waals surface area contributed by atoms with Crippen LogP contribution in [0.5, 0.6) is 0 Å². The molecule has 1 unspecified atom stereocenters. The molecule has 0 aliphatic heterocycles. The number of halogens is 1. The van der Waals surface area contributed by atoms with Crippen LogP contribution in [0.4, 0.5) is 0 Å². The molecule has 1 aliphatic rings. The number of terminal acetylenes is 1. The fraction of sp³-hybridized carbons (Fsp3) is 0.471. The van der Waals surface area contributed by atoms with Crippen LogP contribution in [0.15, 0.2) is 12.1 Å². The van der Waals surface area contributed by atoms with E-state index in [0.29, 0.717) is 11.5 Å². The number of aliphatic hydroxyl groups excluding tert-OH is 1. The first-order valence-electron chi connectivity index (χ1n) is 6.94. The molecule has 1 aliphatic carbocycles. The molecule has 1 aromatic rings. The molecule has 1 atom stereocenters. The number of rotatable bonds is 3. The van der Waals surface area contributed by atoms with E-state index in [0.717, 1.165) is 18.4 Å². The number of benzene rings is 1. The van der Waals surface area contributed by atoms with Crippen molar-refractivity contribution in [3.8, 4) is 12.3 Å². The normalized spacial score (nSPS) is 16.2. The number of esters is 1. The Bertz CT molecular complexity index is 604. The summed E-state index contributed by atoms with van der Waals surface area (Å²) in [4.78, 5) is 12.2. The van der Waals surface area contributed by atoms with E-state index in [1.54, 1.807) is 26.8 Å². The number of carbonyl (C=O) groups excluding carboxylic acids is 1. The monoisotopic (exact) mass is 306 g/mol. The molecule has 3 nitrogen and oxygen atoms in total. The van der Waals surface area contributed by atoms with Gasteiger partial charge in [-0.25, -0.2) is 4.79 Å².